The molecule has 0 aliphatic carbocycles. The van der Waals surface area contributed by atoms with E-state index in [-0.39, 0.29) is 13.2 Å². The Morgan fingerprint density at radius 3 is 2.04 bits per heavy atom. The van der Waals surface area contributed by atoms with E-state index in [4.69, 9.17) is 9.47 Å². The van der Waals surface area contributed by atoms with E-state index >= 15 is 0 Å². The molecule has 5 heteroatoms. The molecule has 1 rings (SSSR count). The van der Waals surface area contributed by atoms with Crippen LogP contribution in [-0.2, 0) is 9.47 Å². The largest absolute Gasteiger partial charge is 0.388 e. The number of rotatable bonds is 16. The van der Waals surface area contributed by atoms with E-state index in [0.717, 1.165) is 19.3 Å². The minimum absolute atomic E-state index is 0.0672. The topological polar surface area (TPSA) is 79.2 Å². The lowest BCUT2D eigenvalue weighted by Crippen LogP contribution is -2.40. The van der Waals surface area contributed by atoms with Gasteiger partial charge in [-0.15, -0.1) is 6.58 Å². The van der Waals surface area contributed by atoms with E-state index in [2.05, 4.69) is 6.58 Å². The summed E-state index contributed by atoms with van der Waals surface area (Å²) in [5.74, 6) is 0. The molecule has 25 heavy (non-hydrogen) atoms. The van der Waals surface area contributed by atoms with Gasteiger partial charge < -0.3 is 24.8 Å². The number of allylic oxidation sites excluding steroid dienone is 1. The van der Waals surface area contributed by atoms with Crippen molar-refractivity contribution in [2.75, 3.05) is 19.8 Å². The normalized spacial score (nSPS) is 24.5. The van der Waals surface area contributed by atoms with Gasteiger partial charge in [0.1, 0.15) is 24.4 Å². The van der Waals surface area contributed by atoms with Crippen LogP contribution in [0.15, 0.2) is 12.7 Å². The summed E-state index contributed by atoms with van der Waals surface area (Å²) in [7, 11) is 0. The van der Waals surface area contributed by atoms with Gasteiger partial charge in [-0.3, -0.25) is 0 Å². The van der Waals surface area contributed by atoms with Crippen LogP contribution in [0.25, 0.3) is 0 Å². The zero-order valence-electron chi connectivity index (χ0n) is 15.7. The average molecular weight is 359 g/mol. The molecule has 0 saturated carbocycles. The zero-order chi connectivity index (χ0) is 18.3. The standard InChI is InChI=1S/C20H38O5/c1-2-3-4-5-6-7-8-9-10-11-12-13-14-24-15-18(22)20-19(23)17(21)16-25-20/h2,17-23H,1,3-16H2/t17-,18+,19-,20-/m1/s1. The van der Waals surface area contributed by atoms with Gasteiger partial charge in [-0.25, -0.2) is 0 Å². The molecule has 0 aromatic carbocycles. The van der Waals surface area contributed by atoms with Crippen LogP contribution in [0.3, 0.4) is 0 Å². The number of hydrogen-bond acceptors (Lipinski definition) is 5. The summed E-state index contributed by atoms with van der Waals surface area (Å²) >= 11 is 0. The van der Waals surface area contributed by atoms with E-state index in [1.54, 1.807) is 0 Å². The van der Waals surface area contributed by atoms with Gasteiger partial charge in [-0.2, -0.15) is 0 Å². The zero-order valence-corrected chi connectivity index (χ0v) is 15.7. The van der Waals surface area contributed by atoms with E-state index in [9.17, 15) is 15.3 Å². The quantitative estimate of drug-likeness (QED) is 0.292. The first kappa shape index (κ1) is 22.6. The Morgan fingerprint density at radius 1 is 0.960 bits per heavy atom. The molecule has 0 radical (unpaired) electrons. The summed E-state index contributed by atoms with van der Waals surface area (Å²) in [5.41, 5.74) is 0. The third-order valence-corrected chi connectivity index (χ3v) is 4.81. The summed E-state index contributed by atoms with van der Waals surface area (Å²) in [6, 6.07) is 0. The highest BCUT2D eigenvalue weighted by Gasteiger charge is 2.39. The minimum Gasteiger partial charge on any atom is -0.388 e. The van der Waals surface area contributed by atoms with Crippen LogP contribution in [0.5, 0.6) is 0 Å². The maximum absolute atomic E-state index is 9.90. The molecule has 1 saturated heterocycles. The third kappa shape index (κ3) is 10.3. The molecule has 0 aromatic heterocycles. The highest BCUT2D eigenvalue weighted by Crippen LogP contribution is 2.18. The Labute approximate surface area is 153 Å². The van der Waals surface area contributed by atoms with Crippen molar-refractivity contribution in [1.29, 1.82) is 0 Å². The molecule has 0 aromatic rings. The maximum atomic E-state index is 9.90. The lowest BCUT2D eigenvalue weighted by Gasteiger charge is -2.20. The predicted octanol–water partition coefficient (Wildman–Crippen LogP) is 2.96. The number of aliphatic hydroxyl groups is 3. The summed E-state index contributed by atoms with van der Waals surface area (Å²) < 4.78 is 10.6. The SMILES string of the molecule is C=CCCCCCCCCCCCCOC[C@H](O)[C@H]1OC[C@@H](O)[C@H]1O. The smallest absolute Gasteiger partial charge is 0.114 e. The van der Waals surface area contributed by atoms with Gasteiger partial charge in [-0.05, 0) is 19.3 Å². The first-order valence-corrected chi connectivity index (χ1v) is 10.0. The highest BCUT2D eigenvalue weighted by atomic mass is 16.5. The third-order valence-electron chi connectivity index (χ3n) is 4.81. The second-order valence-corrected chi connectivity index (χ2v) is 7.11. The van der Waals surface area contributed by atoms with Gasteiger partial charge in [0.15, 0.2) is 0 Å². The second kappa shape index (κ2) is 14.7. The molecule has 0 amide bonds. The van der Waals surface area contributed by atoms with Crippen molar-refractivity contribution in [3.8, 4) is 0 Å². The van der Waals surface area contributed by atoms with Crippen LogP contribution >= 0.6 is 0 Å². The van der Waals surface area contributed by atoms with Gasteiger partial charge in [0, 0.05) is 6.61 Å². The summed E-state index contributed by atoms with van der Waals surface area (Å²) in [6.07, 6.45) is 12.2. The lowest BCUT2D eigenvalue weighted by atomic mass is 10.1. The molecule has 0 spiro atoms. The number of aliphatic hydroxyl groups excluding tert-OH is 3. The lowest BCUT2D eigenvalue weighted by molar-refractivity contribution is -0.0813. The fourth-order valence-electron chi connectivity index (χ4n) is 3.17. The van der Waals surface area contributed by atoms with Crippen LogP contribution in [0.2, 0.25) is 0 Å². The van der Waals surface area contributed by atoms with E-state index in [1.165, 1.54) is 51.4 Å². The van der Waals surface area contributed by atoms with Gasteiger partial charge in [0.05, 0.1) is 13.2 Å². The molecule has 4 atom stereocenters. The fraction of sp³-hybridized carbons (Fsp3) is 0.900. The predicted molar refractivity (Wildman–Crippen MR) is 99.6 cm³/mol. The molecule has 1 fully saturated rings. The molecule has 1 aliphatic heterocycles. The van der Waals surface area contributed by atoms with Crippen molar-refractivity contribution < 1.29 is 24.8 Å². The molecule has 5 nitrogen and oxygen atoms in total. The Morgan fingerprint density at radius 2 is 1.52 bits per heavy atom. The molecule has 1 aliphatic rings. The van der Waals surface area contributed by atoms with Crippen LogP contribution in [0, 0.1) is 0 Å². The molecule has 3 N–H and O–H groups in total. The Balaban J connectivity index is 1.81. The van der Waals surface area contributed by atoms with Crippen molar-refractivity contribution in [3.05, 3.63) is 12.7 Å². The van der Waals surface area contributed by atoms with Gasteiger partial charge >= 0.3 is 0 Å². The van der Waals surface area contributed by atoms with Crippen molar-refractivity contribution in [1.82, 2.24) is 0 Å². The summed E-state index contributed by atoms with van der Waals surface area (Å²) in [6.45, 7) is 4.56. The van der Waals surface area contributed by atoms with Gasteiger partial charge in [0.25, 0.3) is 0 Å². The monoisotopic (exact) mass is 358 g/mol. The average Bonchev–Trinajstić information content (AvgIpc) is 2.94. The Hall–Kier alpha value is -0.460. The number of ether oxygens (including phenoxy) is 2. The summed E-state index contributed by atoms with van der Waals surface area (Å²) in [5, 5.41) is 28.9. The van der Waals surface area contributed by atoms with E-state index < -0.39 is 24.4 Å². The molecular formula is C20H38O5. The van der Waals surface area contributed by atoms with Crippen LogP contribution < -0.4 is 0 Å². The molecule has 1 heterocycles. The molecule has 0 unspecified atom stereocenters. The maximum Gasteiger partial charge on any atom is 0.114 e. The van der Waals surface area contributed by atoms with Crippen molar-refractivity contribution >= 4 is 0 Å². The molecule has 0 bridgehead atoms. The molecule has 148 valence electrons. The van der Waals surface area contributed by atoms with E-state index in [1.807, 2.05) is 6.08 Å². The van der Waals surface area contributed by atoms with Crippen molar-refractivity contribution in [2.24, 2.45) is 0 Å². The van der Waals surface area contributed by atoms with Crippen LogP contribution in [0.4, 0.5) is 0 Å². The Kier molecular flexibility index (Phi) is 13.3. The van der Waals surface area contributed by atoms with Crippen LogP contribution in [0.1, 0.15) is 70.6 Å². The fourth-order valence-corrected chi connectivity index (χ4v) is 3.17. The van der Waals surface area contributed by atoms with E-state index in [0.29, 0.717) is 6.61 Å². The Bertz CT molecular complexity index is 323. The first-order chi connectivity index (χ1) is 12.2. The van der Waals surface area contributed by atoms with Gasteiger partial charge in [-0.1, -0.05) is 57.4 Å². The number of hydrogen-bond donors (Lipinski definition) is 3. The van der Waals surface area contributed by atoms with Gasteiger partial charge in [0.2, 0.25) is 0 Å². The highest BCUT2D eigenvalue weighted by molar-refractivity contribution is 4.87. The van der Waals surface area contributed by atoms with Crippen LogP contribution in [-0.4, -0.2) is 59.6 Å². The molecular weight excluding hydrogens is 320 g/mol. The summed E-state index contributed by atoms with van der Waals surface area (Å²) in [4.78, 5) is 0. The first-order valence-electron chi connectivity index (χ1n) is 10.0. The number of unbranched alkanes of at least 4 members (excludes halogenated alkanes) is 10. The van der Waals surface area contributed by atoms with Crippen molar-refractivity contribution in [3.63, 3.8) is 0 Å². The second-order valence-electron chi connectivity index (χ2n) is 7.11. The van der Waals surface area contributed by atoms with Crippen molar-refractivity contribution in [2.45, 2.75) is 95.0 Å². The minimum atomic E-state index is -1.03.